The van der Waals surface area contributed by atoms with Gasteiger partial charge in [-0.15, -0.1) is 12.3 Å². The standard InChI is InChI=1S/C5H12.C4H6/c1-5(2,3)4;1-3-4-2/h1-4H3;1H,4H2,2H3. The molecular weight excluding hydrogens is 108 g/mol. The average molecular weight is 126 g/mol. The predicted molar refractivity (Wildman–Crippen MR) is 44.3 cm³/mol. The summed E-state index contributed by atoms with van der Waals surface area (Å²) in [6.45, 7) is 10.7. The highest BCUT2D eigenvalue weighted by Gasteiger charge is 1.95. The first kappa shape index (κ1) is 11.4. The van der Waals surface area contributed by atoms with Gasteiger partial charge in [0.2, 0.25) is 0 Å². The maximum absolute atomic E-state index is 4.78. The molecule has 0 atom stereocenters. The van der Waals surface area contributed by atoms with Gasteiger partial charge in [-0.05, 0) is 5.41 Å². The topological polar surface area (TPSA) is 0 Å². The van der Waals surface area contributed by atoms with Crippen molar-refractivity contribution in [3.8, 4) is 12.3 Å². The van der Waals surface area contributed by atoms with E-state index in [2.05, 4.69) is 33.6 Å². The molecule has 0 aromatic heterocycles. The molecule has 0 unspecified atom stereocenters. The molecule has 0 radical (unpaired) electrons. The van der Waals surface area contributed by atoms with Crippen molar-refractivity contribution >= 4 is 0 Å². The normalized spacial score (nSPS) is 8.89. The van der Waals surface area contributed by atoms with Crippen LogP contribution < -0.4 is 0 Å². The lowest BCUT2D eigenvalue weighted by Gasteiger charge is -2.05. The quantitative estimate of drug-likeness (QED) is 0.437. The first-order valence-electron chi connectivity index (χ1n) is 3.35. The number of hydrogen-bond acceptors (Lipinski definition) is 0. The highest BCUT2D eigenvalue weighted by Crippen LogP contribution is 2.07. The number of hydrogen-bond donors (Lipinski definition) is 0. The molecule has 0 aromatic rings. The SMILES string of the molecule is C#CCC.CC(C)(C)C. The molecule has 0 spiro atoms. The molecule has 0 saturated carbocycles. The maximum atomic E-state index is 4.78. The molecule has 0 N–H and O–H groups in total. The van der Waals surface area contributed by atoms with Gasteiger partial charge >= 0.3 is 0 Å². The Kier molecular flexibility index (Phi) is 7.19. The van der Waals surface area contributed by atoms with Crippen LogP contribution in [0.3, 0.4) is 0 Å². The maximum Gasteiger partial charge on any atom is 0.00576 e. The van der Waals surface area contributed by atoms with E-state index in [1.807, 2.05) is 6.92 Å². The van der Waals surface area contributed by atoms with Gasteiger partial charge in [0.25, 0.3) is 0 Å². The van der Waals surface area contributed by atoms with E-state index >= 15 is 0 Å². The molecule has 0 aromatic carbocycles. The fourth-order valence-electron chi connectivity index (χ4n) is 0. The van der Waals surface area contributed by atoms with Crippen molar-refractivity contribution in [2.75, 3.05) is 0 Å². The van der Waals surface area contributed by atoms with Crippen LogP contribution in [-0.2, 0) is 0 Å². The van der Waals surface area contributed by atoms with Crippen LogP contribution in [-0.4, -0.2) is 0 Å². The molecule has 0 aliphatic heterocycles. The summed E-state index contributed by atoms with van der Waals surface area (Å²) in [5.41, 5.74) is 0.500. The molecule has 0 amide bonds. The van der Waals surface area contributed by atoms with Gasteiger partial charge in [0.05, 0.1) is 0 Å². The fourth-order valence-corrected chi connectivity index (χ4v) is 0. The van der Waals surface area contributed by atoms with E-state index in [4.69, 9.17) is 6.42 Å². The molecule has 0 rings (SSSR count). The smallest absolute Gasteiger partial charge is 0.00576 e. The van der Waals surface area contributed by atoms with Crippen LogP contribution in [0.4, 0.5) is 0 Å². The molecule has 0 aliphatic carbocycles. The van der Waals surface area contributed by atoms with Crippen LogP contribution in [0.25, 0.3) is 0 Å². The van der Waals surface area contributed by atoms with Crippen molar-refractivity contribution in [3.63, 3.8) is 0 Å². The molecule has 9 heavy (non-hydrogen) atoms. The van der Waals surface area contributed by atoms with Gasteiger partial charge in [0.1, 0.15) is 0 Å². The minimum Gasteiger partial charge on any atom is -0.120 e. The third-order valence-electron chi connectivity index (χ3n) is 0.204. The van der Waals surface area contributed by atoms with Gasteiger partial charge in [-0.3, -0.25) is 0 Å². The van der Waals surface area contributed by atoms with Gasteiger partial charge < -0.3 is 0 Å². The largest absolute Gasteiger partial charge is 0.120 e. The second-order valence-electron chi connectivity index (χ2n) is 3.56. The van der Waals surface area contributed by atoms with Gasteiger partial charge in [-0.2, -0.15) is 0 Å². The highest BCUT2D eigenvalue weighted by atomic mass is 14.0. The minimum absolute atomic E-state index is 0.500. The lowest BCUT2D eigenvalue weighted by atomic mass is 10.0. The molecular formula is C9H18. The Morgan fingerprint density at radius 3 is 1.33 bits per heavy atom. The zero-order valence-corrected chi connectivity index (χ0v) is 7.28. The van der Waals surface area contributed by atoms with Crippen LogP contribution in [0.5, 0.6) is 0 Å². The second kappa shape index (κ2) is 5.69. The fraction of sp³-hybridized carbons (Fsp3) is 0.778. The van der Waals surface area contributed by atoms with Crippen LogP contribution >= 0.6 is 0 Å². The first-order chi connectivity index (χ1) is 3.91. The molecule has 0 heterocycles. The molecule has 0 saturated heterocycles. The summed E-state index contributed by atoms with van der Waals surface area (Å²) < 4.78 is 0. The second-order valence-corrected chi connectivity index (χ2v) is 3.56. The van der Waals surface area contributed by atoms with Crippen LogP contribution in [0.1, 0.15) is 41.0 Å². The van der Waals surface area contributed by atoms with Crippen LogP contribution in [0, 0.1) is 17.8 Å². The Labute approximate surface area is 59.7 Å². The average Bonchev–Trinajstić information content (AvgIpc) is 1.61. The Balaban J connectivity index is 0. The van der Waals surface area contributed by atoms with E-state index in [0.717, 1.165) is 6.42 Å². The third-order valence-corrected chi connectivity index (χ3v) is 0.204. The summed E-state index contributed by atoms with van der Waals surface area (Å²) in [6.07, 6.45) is 5.62. The van der Waals surface area contributed by atoms with Crippen molar-refractivity contribution in [1.82, 2.24) is 0 Å². The lowest BCUT2D eigenvalue weighted by molar-refractivity contribution is 0.469. The molecule has 0 nitrogen and oxygen atoms in total. The summed E-state index contributed by atoms with van der Waals surface area (Å²) in [5.74, 6) is 2.43. The van der Waals surface area contributed by atoms with Crippen molar-refractivity contribution in [2.45, 2.75) is 41.0 Å². The summed E-state index contributed by atoms with van der Waals surface area (Å²) in [7, 11) is 0. The summed E-state index contributed by atoms with van der Waals surface area (Å²) in [4.78, 5) is 0. The summed E-state index contributed by atoms with van der Waals surface area (Å²) >= 11 is 0. The van der Waals surface area contributed by atoms with Crippen molar-refractivity contribution in [2.24, 2.45) is 5.41 Å². The number of rotatable bonds is 0. The highest BCUT2D eigenvalue weighted by molar-refractivity contribution is 4.80. The molecule has 0 bridgehead atoms. The predicted octanol–water partition coefficient (Wildman–Crippen LogP) is 3.08. The monoisotopic (exact) mass is 126 g/mol. The summed E-state index contributed by atoms with van der Waals surface area (Å²) in [5, 5.41) is 0. The Bertz CT molecular complexity index is 71.2. The Morgan fingerprint density at radius 1 is 1.22 bits per heavy atom. The van der Waals surface area contributed by atoms with E-state index in [9.17, 15) is 0 Å². The van der Waals surface area contributed by atoms with Crippen molar-refractivity contribution < 1.29 is 0 Å². The minimum atomic E-state index is 0.500. The molecule has 0 aliphatic rings. The Hall–Kier alpha value is -0.440. The van der Waals surface area contributed by atoms with E-state index in [0.29, 0.717) is 5.41 Å². The first-order valence-corrected chi connectivity index (χ1v) is 3.35. The zero-order valence-electron chi connectivity index (χ0n) is 7.28. The lowest BCUT2D eigenvalue weighted by Crippen LogP contribution is -1.93. The summed E-state index contributed by atoms with van der Waals surface area (Å²) in [6, 6.07) is 0. The van der Waals surface area contributed by atoms with E-state index in [-0.39, 0.29) is 0 Å². The van der Waals surface area contributed by atoms with E-state index < -0.39 is 0 Å². The van der Waals surface area contributed by atoms with Crippen LogP contribution in [0.2, 0.25) is 0 Å². The van der Waals surface area contributed by atoms with E-state index in [1.54, 1.807) is 0 Å². The third kappa shape index (κ3) is 745. The van der Waals surface area contributed by atoms with Crippen LogP contribution in [0.15, 0.2) is 0 Å². The zero-order chi connectivity index (χ0) is 7.91. The van der Waals surface area contributed by atoms with Gasteiger partial charge in [-0.25, -0.2) is 0 Å². The van der Waals surface area contributed by atoms with E-state index in [1.165, 1.54) is 0 Å². The number of terminal acetylenes is 1. The molecule has 0 heteroatoms. The van der Waals surface area contributed by atoms with Gasteiger partial charge in [0.15, 0.2) is 0 Å². The van der Waals surface area contributed by atoms with Crippen molar-refractivity contribution in [1.29, 1.82) is 0 Å². The van der Waals surface area contributed by atoms with Gasteiger partial charge in [0, 0.05) is 6.42 Å². The van der Waals surface area contributed by atoms with Gasteiger partial charge in [-0.1, -0.05) is 34.6 Å². The van der Waals surface area contributed by atoms with Crippen molar-refractivity contribution in [3.05, 3.63) is 0 Å². The molecule has 0 fully saturated rings. The molecule has 54 valence electrons. The Morgan fingerprint density at radius 2 is 1.33 bits per heavy atom.